The molecule has 0 radical (unpaired) electrons. The van der Waals surface area contributed by atoms with Crippen LogP contribution in [-0.4, -0.2) is 35.8 Å². The highest BCUT2D eigenvalue weighted by molar-refractivity contribution is 6.05. The van der Waals surface area contributed by atoms with Crippen LogP contribution in [0, 0.1) is 17.3 Å². The average molecular weight is 506 g/mol. The Labute approximate surface area is 209 Å². The van der Waals surface area contributed by atoms with Gasteiger partial charge in [-0.3, -0.25) is 4.79 Å². The first kappa shape index (κ1) is 26.3. The Morgan fingerprint density at radius 3 is 2.36 bits per heavy atom. The number of fused-ring (bicyclic) bond motifs is 1. The Morgan fingerprint density at radius 1 is 1.06 bits per heavy atom. The summed E-state index contributed by atoms with van der Waals surface area (Å²) in [5.41, 5.74) is -0.294. The van der Waals surface area contributed by atoms with Gasteiger partial charge in [-0.1, -0.05) is 56.5 Å². The molecule has 8 heteroatoms. The zero-order valence-corrected chi connectivity index (χ0v) is 20.6. The number of amides is 1. The highest BCUT2D eigenvalue weighted by Gasteiger charge is 2.42. The van der Waals surface area contributed by atoms with Crippen LogP contribution < -0.4 is 10.1 Å². The van der Waals surface area contributed by atoms with E-state index in [9.17, 15) is 27.9 Å². The van der Waals surface area contributed by atoms with Crippen molar-refractivity contribution in [2.75, 3.05) is 6.61 Å². The van der Waals surface area contributed by atoms with Crippen molar-refractivity contribution in [2.45, 2.75) is 76.9 Å². The molecule has 2 N–H and O–H groups in total. The van der Waals surface area contributed by atoms with Crippen LogP contribution >= 0.6 is 0 Å². The maximum Gasteiger partial charge on any atom is 0.391 e. The molecule has 2 aliphatic rings. The van der Waals surface area contributed by atoms with Crippen LogP contribution in [0.15, 0.2) is 36.4 Å². The highest BCUT2D eigenvalue weighted by atomic mass is 19.4. The molecule has 1 amide bonds. The number of carbonyl (C=O) groups is 2. The number of aliphatic carboxylic acids is 1. The van der Waals surface area contributed by atoms with E-state index >= 15 is 0 Å². The lowest BCUT2D eigenvalue weighted by Crippen LogP contribution is -2.52. The summed E-state index contributed by atoms with van der Waals surface area (Å²) in [5, 5.41) is 14.3. The standard InChI is InChI=1S/C28H34F3NO4/c1-27(15-5-2-6-16-27)24(26(34)35)32-25(33)22-14-11-19-7-3-4-8-21(19)23(22)36-17-18-9-12-20(13-10-18)28(29,30)31/h3-4,7-8,11,14,18,20,24H,2,5-6,9-10,12-13,15-17H2,1H3,(H,32,33)(H,34,35)/t18-,20+,24?. The van der Waals surface area contributed by atoms with Gasteiger partial charge >= 0.3 is 12.1 Å². The van der Waals surface area contributed by atoms with Gasteiger partial charge in [-0.15, -0.1) is 0 Å². The molecule has 2 aromatic carbocycles. The fourth-order valence-corrected chi connectivity index (χ4v) is 5.83. The Balaban J connectivity index is 1.55. The number of benzene rings is 2. The second-order valence-electron chi connectivity index (χ2n) is 10.7. The van der Waals surface area contributed by atoms with Gasteiger partial charge < -0.3 is 15.2 Å². The SMILES string of the molecule is CC1(C(NC(=O)c2ccc3ccccc3c2OC[C@H]2CC[C@@H](C(F)(F)F)CC2)C(=O)O)CCCCC1. The third-order valence-corrected chi connectivity index (χ3v) is 8.11. The second-order valence-corrected chi connectivity index (χ2v) is 10.7. The number of halogens is 3. The van der Waals surface area contributed by atoms with Crippen molar-refractivity contribution in [3.05, 3.63) is 42.0 Å². The molecule has 4 rings (SSSR count). The predicted molar refractivity (Wildman–Crippen MR) is 131 cm³/mol. The van der Waals surface area contributed by atoms with E-state index in [0.717, 1.165) is 37.5 Å². The summed E-state index contributed by atoms with van der Waals surface area (Å²) in [6.07, 6.45) is 1.20. The number of ether oxygens (including phenoxy) is 1. The molecule has 2 saturated carbocycles. The summed E-state index contributed by atoms with van der Waals surface area (Å²) in [6.45, 7) is 2.12. The molecular weight excluding hydrogens is 471 g/mol. The van der Waals surface area contributed by atoms with E-state index < -0.39 is 35.4 Å². The normalized spacial score (nSPS) is 23.1. The van der Waals surface area contributed by atoms with E-state index in [1.807, 2.05) is 31.2 Å². The Hall–Kier alpha value is -2.77. The first-order chi connectivity index (χ1) is 17.1. The van der Waals surface area contributed by atoms with E-state index in [1.54, 1.807) is 12.1 Å². The van der Waals surface area contributed by atoms with Gasteiger partial charge in [-0.2, -0.15) is 13.2 Å². The van der Waals surface area contributed by atoms with Gasteiger partial charge in [0, 0.05) is 5.39 Å². The van der Waals surface area contributed by atoms with Crippen molar-refractivity contribution in [2.24, 2.45) is 17.3 Å². The van der Waals surface area contributed by atoms with Gasteiger partial charge in [0.05, 0.1) is 18.1 Å². The van der Waals surface area contributed by atoms with Crippen LogP contribution in [0.5, 0.6) is 5.75 Å². The molecule has 0 aromatic heterocycles. The molecule has 2 aliphatic carbocycles. The Kier molecular flexibility index (Phi) is 7.81. The summed E-state index contributed by atoms with van der Waals surface area (Å²) in [4.78, 5) is 25.6. The fraction of sp³-hybridized carbons (Fsp3) is 0.571. The number of hydrogen-bond donors (Lipinski definition) is 2. The Bertz CT molecular complexity index is 1090. The molecule has 1 unspecified atom stereocenters. The quantitative estimate of drug-likeness (QED) is 0.437. The summed E-state index contributed by atoms with van der Waals surface area (Å²) < 4.78 is 45.3. The zero-order valence-electron chi connectivity index (χ0n) is 20.6. The minimum atomic E-state index is -4.16. The minimum absolute atomic E-state index is 0.0357. The molecular formula is C28H34F3NO4. The first-order valence-corrected chi connectivity index (χ1v) is 12.8. The lowest BCUT2D eigenvalue weighted by molar-refractivity contribution is -0.184. The molecule has 36 heavy (non-hydrogen) atoms. The number of carboxylic acid groups (broad SMARTS) is 1. The molecule has 0 spiro atoms. The van der Waals surface area contributed by atoms with Gasteiger partial charge in [-0.05, 0) is 61.3 Å². The smallest absolute Gasteiger partial charge is 0.391 e. The van der Waals surface area contributed by atoms with Gasteiger partial charge in [0.1, 0.15) is 11.8 Å². The van der Waals surface area contributed by atoms with E-state index in [0.29, 0.717) is 24.0 Å². The lowest BCUT2D eigenvalue weighted by Gasteiger charge is -2.38. The number of hydrogen-bond acceptors (Lipinski definition) is 3. The van der Waals surface area contributed by atoms with Crippen LogP contribution in [0.25, 0.3) is 10.8 Å². The Morgan fingerprint density at radius 2 is 1.72 bits per heavy atom. The summed E-state index contributed by atoms with van der Waals surface area (Å²) in [7, 11) is 0. The summed E-state index contributed by atoms with van der Waals surface area (Å²) in [5.74, 6) is -2.53. The maximum absolute atomic E-state index is 13.4. The van der Waals surface area contributed by atoms with Crippen molar-refractivity contribution < 1.29 is 32.6 Å². The van der Waals surface area contributed by atoms with Crippen LogP contribution in [0.4, 0.5) is 13.2 Å². The molecule has 196 valence electrons. The number of carbonyl (C=O) groups excluding carboxylic acids is 1. The summed E-state index contributed by atoms with van der Waals surface area (Å²) >= 11 is 0. The van der Waals surface area contributed by atoms with Crippen molar-refractivity contribution in [3.63, 3.8) is 0 Å². The maximum atomic E-state index is 13.4. The van der Waals surface area contributed by atoms with E-state index in [-0.39, 0.29) is 30.9 Å². The summed E-state index contributed by atoms with van der Waals surface area (Å²) in [6, 6.07) is 9.82. The molecule has 0 bridgehead atoms. The third kappa shape index (κ3) is 5.79. The number of rotatable bonds is 7. The number of alkyl halides is 3. The lowest BCUT2D eigenvalue weighted by atomic mass is 9.70. The van der Waals surface area contributed by atoms with Crippen molar-refractivity contribution in [1.82, 2.24) is 5.32 Å². The largest absolute Gasteiger partial charge is 0.492 e. The third-order valence-electron chi connectivity index (χ3n) is 8.11. The average Bonchev–Trinajstić information content (AvgIpc) is 2.85. The minimum Gasteiger partial charge on any atom is -0.492 e. The van der Waals surface area contributed by atoms with Crippen LogP contribution in [-0.2, 0) is 4.79 Å². The topological polar surface area (TPSA) is 75.6 Å². The van der Waals surface area contributed by atoms with Crippen LogP contribution in [0.3, 0.4) is 0 Å². The van der Waals surface area contributed by atoms with E-state index in [1.165, 1.54) is 0 Å². The molecule has 2 aromatic rings. The van der Waals surface area contributed by atoms with Crippen LogP contribution in [0.1, 0.15) is 75.1 Å². The molecule has 1 atom stereocenters. The van der Waals surface area contributed by atoms with Crippen LogP contribution in [0.2, 0.25) is 0 Å². The molecule has 0 aliphatic heterocycles. The van der Waals surface area contributed by atoms with Crippen molar-refractivity contribution in [1.29, 1.82) is 0 Å². The van der Waals surface area contributed by atoms with Crippen molar-refractivity contribution in [3.8, 4) is 5.75 Å². The van der Waals surface area contributed by atoms with Gasteiger partial charge in [0.2, 0.25) is 0 Å². The molecule has 0 heterocycles. The molecule has 2 fully saturated rings. The number of nitrogens with one attached hydrogen (secondary N) is 1. The van der Waals surface area contributed by atoms with Gasteiger partial charge in [-0.25, -0.2) is 4.79 Å². The predicted octanol–water partition coefficient (Wildman–Crippen LogP) is 6.74. The first-order valence-electron chi connectivity index (χ1n) is 12.8. The van der Waals surface area contributed by atoms with Gasteiger partial charge in [0.25, 0.3) is 5.91 Å². The second kappa shape index (κ2) is 10.7. The molecule has 0 saturated heterocycles. The monoisotopic (exact) mass is 505 g/mol. The fourth-order valence-electron chi connectivity index (χ4n) is 5.83. The van der Waals surface area contributed by atoms with Crippen molar-refractivity contribution >= 4 is 22.6 Å². The molecule has 5 nitrogen and oxygen atoms in total. The van der Waals surface area contributed by atoms with Gasteiger partial charge in [0.15, 0.2) is 0 Å². The highest BCUT2D eigenvalue weighted by Crippen LogP contribution is 2.41. The number of carboxylic acids is 1. The van der Waals surface area contributed by atoms with E-state index in [2.05, 4.69) is 5.32 Å². The van der Waals surface area contributed by atoms with E-state index in [4.69, 9.17) is 4.74 Å². The zero-order chi connectivity index (χ0) is 25.9.